The third-order valence-electron chi connectivity index (χ3n) is 3.82. The second kappa shape index (κ2) is 8.07. The molecule has 0 spiro atoms. The summed E-state index contributed by atoms with van der Waals surface area (Å²) in [7, 11) is -3.54. The average Bonchev–Trinajstić information content (AvgIpc) is 2.65. The summed E-state index contributed by atoms with van der Waals surface area (Å²) in [5.41, 5.74) is -1.03. The van der Waals surface area contributed by atoms with Gasteiger partial charge in [-0.1, -0.05) is 11.6 Å². The minimum absolute atomic E-state index is 0.0479. The number of carbonyl (C=O) groups is 2. The number of pyridine rings is 1. The Balaban J connectivity index is 1.58. The van der Waals surface area contributed by atoms with Crippen molar-refractivity contribution in [3.63, 3.8) is 0 Å². The van der Waals surface area contributed by atoms with Crippen LogP contribution in [0.5, 0.6) is 0 Å². The first kappa shape index (κ1) is 21.8. The average molecular weight is 465 g/mol. The van der Waals surface area contributed by atoms with Gasteiger partial charge in [-0.2, -0.15) is 13.2 Å². The Labute approximate surface area is 172 Å². The van der Waals surface area contributed by atoms with E-state index < -0.39 is 45.3 Å². The van der Waals surface area contributed by atoms with Crippen molar-refractivity contribution in [2.45, 2.75) is 6.18 Å². The Kier molecular flexibility index (Phi) is 5.85. The molecule has 2 aliphatic rings. The van der Waals surface area contributed by atoms with E-state index in [1.54, 1.807) is 0 Å². The van der Waals surface area contributed by atoms with E-state index in [4.69, 9.17) is 16.3 Å². The number of nitrogens with one attached hydrogen (secondary N) is 1. The van der Waals surface area contributed by atoms with E-state index in [0.717, 1.165) is 0 Å². The number of hydrogen-bond acceptors (Lipinski definition) is 7. The lowest BCUT2D eigenvalue weighted by Gasteiger charge is -2.26. The highest BCUT2D eigenvalue weighted by atomic mass is 35.5. The van der Waals surface area contributed by atoms with Gasteiger partial charge in [-0.3, -0.25) is 4.79 Å². The zero-order chi connectivity index (χ0) is 22.1. The highest BCUT2D eigenvalue weighted by molar-refractivity contribution is 7.90. The smallest absolute Gasteiger partial charge is 0.417 e. The molecule has 0 atom stereocenters. The van der Waals surface area contributed by atoms with E-state index in [2.05, 4.69) is 14.7 Å². The molecule has 3 rings (SSSR count). The normalized spacial score (nSPS) is 17.5. The summed E-state index contributed by atoms with van der Waals surface area (Å²) in [6.07, 6.45) is -0.200. The number of sulfonamides is 1. The van der Waals surface area contributed by atoms with Gasteiger partial charge >= 0.3 is 12.1 Å². The van der Waals surface area contributed by atoms with Crippen LogP contribution >= 0.6 is 11.6 Å². The Morgan fingerprint density at radius 2 is 2.03 bits per heavy atom. The number of hydrogen-bond donors (Lipinski definition) is 1. The van der Waals surface area contributed by atoms with Crippen LogP contribution in [-0.4, -0.2) is 54.9 Å². The molecule has 0 unspecified atom stereocenters. The second-order valence-electron chi connectivity index (χ2n) is 6.02. The first-order valence-corrected chi connectivity index (χ1v) is 10.1. The SMILES string of the molecule is O=C(COC(=O)C1=CN2CCS(=O)(=O)N=C2C=C1)Nc1ncc(C(F)(F)F)cc1Cl. The number of ether oxygens (including phenoxy) is 1. The van der Waals surface area contributed by atoms with Gasteiger partial charge < -0.3 is 15.0 Å². The van der Waals surface area contributed by atoms with Crippen LogP contribution in [0.15, 0.2) is 40.6 Å². The van der Waals surface area contributed by atoms with Crippen LogP contribution in [0, 0.1) is 0 Å². The molecule has 0 bridgehead atoms. The van der Waals surface area contributed by atoms with Gasteiger partial charge in [0, 0.05) is 18.9 Å². The summed E-state index contributed by atoms with van der Waals surface area (Å²) in [6, 6.07) is 0.603. The molecule has 1 aromatic rings. The number of esters is 1. The van der Waals surface area contributed by atoms with Crippen molar-refractivity contribution in [2.75, 3.05) is 24.2 Å². The first-order valence-electron chi connectivity index (χ1n) is 8.13. The summed E-state index contributed by atoms with van der Waals surface area (Å²) in [6.45, 7) is -0.654. The Bertz CT molecular complexity index is 1100. The summed E-state index contributed by atoms with van der Waals surface area (Å²) < 4.78 is 69.1. The maximum absolute atomic E-state index is 12.6. The van der Waals surface area contributed by atoms with Gasteiger partial charge in [-0.15, -0.1) is 4.40 Å². The fourth-order valence-electron chi connectivity index (χ4n) is 2.39. The fraction of sp³-hybridized carbons (Fsp3) is 0.250. The van der Waals surface area contributed by atoms with Crippen LogP contribution in [0.3, 0.4) is 0 Å². The minimum Gasteiger partial charge on any atom is -0.452 e. The van der Waals surface area contributed by atoms with Gasteiger partial charge in [-0.25, -0.2) is 18.2 Å². The van der Waals surface area contributed by atoms with Crippen LogP contribution in [0.1, 0.15) is 5.56 Å². The molecule has 160 valence electrons. The number of nitrogens with zero attached hydrogens (tertiary/aromatic N) is 3. The van der Waals surface area contributed by atoms with Crippen molar-refractivity contribution in [3.05, 3.63) is 46.8 Å². The molecule has 0 fully saturated rings. The lowest BCUT2D eigenvalue weighted by atomic mass is 10.2. The van der Waals surface area contributed by atoms with E-state index in [9.17, 15) is 31.2 Å². The summed E-state index contributed by atoms with van der Waals surface area (Å²) in [5, 5.41) is 1.71. The lowest BCUT2D eigenvalue weighted by Crippen LogP contribution is -2.37. The van der Waals surface area contributed by atoms with Gasteiger partial charge in [-0.05, 0) is 18.2 Å². The molecule has 0 aliphatic carbocycles. The molecule has 1 amide bonds. The van der Waals surface area contributed by atoms with E-state index in [1.165, 1.54) is 23.3 Å². The predicted octanol–water partition coefficient (Wildman–Crippen LogP) is 1.73. The molecule has 0 saturated heterocycles. The third-order valence-corrected chi connectivity index (χ3v) is 5.27. The monoisotopic (exact) mass is 464 g/mol. The van der Waals surface area contributed by atoms with Crippen molar-refractivity contribution in [2.24, 2.45) is 4.40 Å². The summed E-state index contributed by atoms with van der Waals surface area (Å²) in [5.74, 6) is -2.13. The number of alkyl halides is 3. The molecule has 0 aromatic carbocycles. The largest absolute Gasteiger partial charge is 0.452 e. The second-order valence-corrected chi connectivity index (χ2v) is 8.19. The molecule has 0 saturated carbocycles. The highest BCUT2D eigenvalue weighted by Crippen LogP contribution is 2.32. The number of anilines is 1. The number of rotatable bonds is 4. The molecule has 30 heavy (non-hydrogen) atoms. The molecule has 14 heteroatoms. The minimum atomic E-state index is -4.64. The van der Waals surface area contributed by atoms with Crippen LogP contribution in [0.2, 0.25) is 5.02 Å². The lowest BCUT2D eigenvalue weighted by molar-refractivity contribution is -0.143. The number of amidine groups is 1. The summed E-state index contributed by atoms with van der Waals surface area (Å²) >= 11 is 5.69. The van der Waals surface area contributed by atoms with Crippen molar-refractivity contribution < 1.29 is 35.9 Å². The Morgan fingerprint density at radius 1 is 1.30 bits per heavy atom. The van der Waals surface area contributed by atoms with Crippen LogP contribution in [-0.2, 0) is 30.5 Å². The molecule has 2 aliphatic heterocycles. The standard InChI is InChI=1S/C16H12ClF3N4O5S/c17-11-5-10(16(18,19)20)6-21-14(11)22-13(25)8-29-15(26)9-1-2-12-23-30(27,28)4-3-24(12)7-9/h1-2,5-7H,3-4,8H2,(H,21,22,25). The van der Waals surface area contributed by atoms with E-state index >= 15 is 0 Å². The van der Waals surface area contributed by atoms with Crippen molar-refractivity contribution in [1.82, 2.24) is 9.88 Å². The van der Waals surface area contributed by atoms with Gasteiger partial charge in [0.15, 0.2) is 12.4 Å². The Morgan fingerprint density at radius 3 is 2.70 bits per heavy atom. The van der Waals surface area contributed by atoms with Crippen molar-refractivity contribution in [1.29, 1.82) is 0 Å². The zero-order valence-corrected chi connectivity index (χ0v) is 16.4. The van der Waals surface area contributed by atoms with E-state index in [0.29, 0.717) is 12.3 Å². The zero-order valence-electron chi connectivity index (χ0n) is 14.8. The summed E-state index contributed by atoms with van der Waals surface area (Å²) in [4.78, 5) is 28.9. The third kappa shape index (κ3) is 5.16. The van der Waals surface area contributed by atoms with Gasteiger partial charge in [0.05, 0.1) is 21.9 Å². The quantitative estimate of drug-likeness (QED) is 0.674. The van der Waals surface area contributed by atoms with Crippen molar-refractivity contribution >= 4 is 45.2 Å². The van der Waals surface area contributed by atoms with Crippen LogP contribution in [0.25, 0.3) is 0 Å². The number of halogens is 4. The molecule has 9 nitrogen and oxygen atoms in total. The molecule has 3 heterocycles. The highest BCUT2D eigenvalue weighted by Gasteiger charge is 2.32. The van der Waals surface area contributed by atoms with Crippen LogP contribution < -0.4 is 5.32 Å². The topological polar surface area (TPSA) is 118 Å². The number of fused-ring (bicyclic) bond motifs is 1. The van der Waals surface area contributed by atoms with Gasteiger partial charge in [0.2, 0.25) is 0 Å². The maximum Gasteiger partial charge on any atom is 0.417 e. The molecular formula is C16H12ClF3N4O5S. The first-order chi connectivity index (χ1) is 13.9. The van der Waals surface area contributed by atoms with E-state index in [1.807, 2.05) is 0 Å². The van der Waals surface area contributed by atoms with Gasteiger partial charge in [0.1, 0.15) is 5.84 Å². The number of amides is 1. The maximum atomic E-state index is 12.6. The van der Waals surface area contributed by atoms with Gasteiger partial charge in [0.25, 0.3) is 15.9 Å². The van der Waals surface area contributed by atoms with E-state index in [-0.39, 0.29) is 29.5 Å². The number of aromatic nitrogens is 1. The molecule has 1 aromatic heterocycles. The Hall–Kier alpha value is -2.93. The molecule has 0 radical (unpaired) electrons. The predicted molar refractivity (Wildman–Crippen MR) is 99.0 cm³/mol. The fourth-order valence-corrected chi connectivity index (χ4v) is 3.57. The number of carbonyl (C=O) groups excluding carboxylic acids is 2. The molecular weight excluding hydrogens is 453 g/mol. The van der Waals surface area contributed by atoms with Crippen LogP contribution in [0.4, 0.5) is 19.0 Å². The molecule has 1 N–H and O–H groups in total. The van der Waals surface area contributed by atoms with Crippen molar-refractivity contribution in [3.8, 4) is 0 Å².